The molecule has 0 amide bonds. The highest BCUT2D eigenvalue weighted by molar-refractivity contribution is 7.86. The van der Waals surface area contributed by atoms with Crippen molar-refractivity contribution in [2.75, 3.05) is 59.7 Å². The Morgan fingerprint density at radius 2 is 2.00 bits per heavy atom. The first-order valence-corrected chi connectivity index (χ1v) is 6.95. The molecule has 1 aliphatic heterocycles. The first kappa shape index (κ1) is 14.8. The number of methoxy groups -OCH3 is 1. The quantitative estimate of drug-likeness (QED) is 0.608. The molecule has 0 unspecified atom stereocenters. The Balaban J connectivity index is 2.67. The Kier molecular flexibility index (Phi) is 6.31. The smallest absolute Gasteiger partial charge is 0.282 e. The van der Waals surface area contributed by atoms with Gasteiger partial charge in [0.15, 0.2) is 0 Å². The number of hydrogen-bond donors (Lipinski definition) is 1. The predicted molar refractivity (Wildman–Crippen MR) is 61.8 cm³/mol. The highest BCUT2D eigenvalue weighted by Crippen LogP contribution is 2.10. The van der Waals surface area contributed by atoms with E-state index in [1.54, 1.807) is 0 Å². The van der Waals surface area contributed by atoms with Gasteiger partial charge in [-0.2, -0.15) is 17.0 Å². The van der Waals surface area contributed by atoms with Gasteiger partial charge in [-0.25, -0.2) is 0 Å². The fourth-order valence-electron chi connectivity index (χ4n) is 1.59. The second-order valence-electron chi connectivity index (χ2n) is 3.63. The van der Waals surface area contributed by atoms with Crippen molar-refractivity contribution < 1.29 is 23.0 Å². The summed E-state index contributed by atoms with van der Waals surface area (Å²) in [5.74, 6) is 0. The normalized spacial score (nSPS) is 18.8. The summed E-state index contributed by atoms with van der Waals surface area (Å²) < 4.78 is 37.0. The highest BCUT2D eigenvalue weighted by atomic mass is 32.2. The van der Waals surface area contributed by atoms with E-state index in [1.165, 1.54) is 15.7 Å². The number of aliphatic hydroxyl groups excluding tert-OH is 1. The second kappa shape index (κ2) is 7.24. The maximum Gasteiger partial charge on any atom is 0.282 e. The Bertz CT molecular complexity index is 303. The van der Waals surface area contributed by atoms with Gasteiger partial charge in [-0.3, -0.25) is 0 Å². The van der Waals surface area contributed by atoms with Gasteiger partial charge in [0.1, 0.15) is 0 Å². The summed E-state index contributed by atoms with van der Waals surface area (Å²) in [5, 5.41) is 8.91. The van der Waals surface area contributed by atoms with Gasteiger partial charge < -0.3 is 14.6 Å². The highest BCUT2D eigenvalue weighted by Gasteiger charge is 2.30. The molecular weight excluding hydrogens is 248 g/mol. The van der Waals surface area contributed by atoms with Gasteiger partial charge in [-0.05, 0) is 0 Å². The van der Waals surface area contributed by atoms with Crippen molar-refractivity contribution in [2.45, 2.75) is 0 Å². The lowest BCUT2D eigenvalue weighted by molar-refractivity contribution is 0.0688. The molecule has 0 aliphatic carbocycles. The maximum atomic E-state index is 12.2. The minimum absolute atomic E-state index is 0.0864. The van der Waals surface area contributed by atoms with Crippen molar-refractivity contribution in [3.63, 3.8) is 0 Å². The van der Waals surface area contributed by atoms with Crippen LogP contribution in [0.15, 0.2) is 0 Å². The van der Waals surface area contributed by atoms with Crippen LogP contribution in [0.5, 0.6) is 0 Å². The van der Waals surface area contributed by atoms with Gasteiger partial charge in [0.2, 0.25) is 0 Å². The zero-order valence-corrected chi connectivity index (χ0v) is 10.9. The standard InChI is InChI=1S/C9H20N2O5S/c1-15-7-3-10(2-6-12)17(13,14)11-4-8-16-9-5-11/h12H,2-9H2,1H3. The summed E-state index contributed by atoms with van der Waals surface area (Å²) in [5.41, 5.74) is 0. The van der Waals surface area contributed by atoms with Crippen LogP contribution in [0.3, 0.4) is 0 Å². The van der Waals surface area contributed by atoms with E-state index in [0.717, 1.165) is 0 Å². The maximum absolute atomic E-state index is 12.2. The van der Waals surface area contributed by atoms with Crippen LogP contribution in [0.4, 0.5) is 0 Å². The van der Waals surface area contributed by atoms with Crippen molar-refractivity contribution in [1.82, 2.24) is 8.61 Å². The molecule has 102 valence electrons. The summed E-state index contributed by atoms with van der Waals surface area (Å²) in [6.07, 6.45) is 0. The lowest BCUT2D eigenvalue weighted by Gasteiger charge is -2.31. The molecule has 7 nitrogen and oxygen atoms in total. The monoisotopic (exact) mass is 268 g/mol. The van der Waals surface area contributed by atoms with Crippen molar-refractivity contribution in [1.29, 1.82) is 0 Å². The van der Waals surface area contributed by atoms with Crippen LogP contribution in [0.25, 0.3) is 0 Å². The average molecular weight is 268 g/mol. The fourth-order valence-corrected chi connectivity index (χ4v) is 3.14. The molecule has 0 aromatic rings. The Morgan fingerprint density at radius 1 is 1.35 bits per heavy atom. The van der Waals surface area contributed by atoms with Gasteiger partial charge in [0.05, 0.1) is 26.4 Å². The topological polar surface area (TPSA) is 79.3 Å². The number of rotatable bonds is 7. The zero-order valence-electron chi connectivity index (χ0n) is 10.0. The van der Waals surface area contributed by atoms with E-state index in [0.29, 0.717) is 32.9 Å². The first-order valence-electron chi connectivity index (χ1n) is 5.55. The average Bonchev–Trinajstić information content (AvgIpc) is 2.35. The Morgan fingerprint density at radius 3 is 2.53 bits per heavy atom. The van der Waals surface area contributed by atoms with Gasteiger partial charge in [-0.1, -0.05) is 0 Å². The summed E-state index contributed by atoms with van der Waals surface area (Å²) in [4.78, 5) is 0. The second-order valence-corrected chi connectivity index (χ2v) is 5.56. The van der Waals surface area contributed by atoms with Crippen LogP contribution in [0.1, 0.15) is 0 Å². The largest absolute Gasteiger partial charge is 0.395 e. The minimum atomic E-state index is -3.51. The lowest BCUT2D eigenvalue weighted by Crippen LogP contribution is -2.50. The third kappa shape index (κ3) is 4.16. The van der Waals surface area contributed by atoms with Crippen molar-refractivity contribution in [2.24, 2.45) is 0 Å². The van der Waals surface area contributed by atoms with E-state index >= 15 is 0 Å². The van der Waals surface area contributed by atoms with E-state index in [2.05, 4.69) is 0 Å². The van der Waals surface area contributed by atoms with Gasteiger partial charge in [0, 0.05) is 33.3 Å². The molecule has 0 bridgehead atoms. The third-order valence-corrected chi connectivity index (χ3v) is 4.55. The first-order chi connectivity index (χ1) is 8.12. The van der Waals surface area contributed by atoms with Crippen LogP contribution in [-0.2, 0) is 19.7 Å². The van der Waals surface area contributed by atoms with Gasteiger partial charge >= 0.3 is 0 Å². The minimum Gasteiger partial charge on any atom is -0.395 e. The van der Waals surface area contributed by atoms with Crippen LogP contribution in [0, 0.1) is 0 Å². The summed E-state index contributed by atoms with van der Waals surface area (Å²) in [7, 11) is -2.00. The molecule has 0 spiro atoms. The molecule has 1 N–H and O–H groups in total. The number of nitrogens with zero attached hydrogens (tertiary/aromatic N) is 2. The number of aliphatic hydroxyl groups is 1. The number of hydrogen-bond acceptors (Lipinski definition) is 5. The van der Waals surface area contributed by atoms with E-state index in [4.69, 9.17) is 14.6 Å². The van der Waals surface area contributed by atoms with Crippen LogP contribution in [0.2, 0.25) is 0 Å². The molecule has 0 saturated carbocycles. The van der Waals surface area contributed by atoms with E-state index in [9.17, 15) is 8.42 Å². The summed E-state index contributed by atoms with van der Waals surface area (Å²) in [6.45, 7) is 1.98. The SMILES string of the molecule is COCCN(CCO)S(=O)(=O)N1CCOCC1. The van der Waals surface area contributed by atoms with Crippen LogP contribution < -0.4 is 0 Å². The van der Waals surface area contributed by atoms with E-state index in [-0.39, 0.29) is 19.7 Å². The Labute approximate surface area is 102 Å². The van der Waals surface area contributed by atoms with Crippen LogP contribution >= 0.6 is 0 Å². The van der Waals surface area contributed by atoms with Gasteiger partial charge in [0.25, 0.3) is 10.2 Å². The molecule has 8 heteroatoms. The fraction of sp³-hybridized carbons (Fsp3) is 1.00. The molecule has 0 radical (unpaired) electrons. The Hall–Kier alpha value is -0.250. The predicted octanol–water partition coefficient (Wildman–Crippen LogP) is -1.50. The molecule has 1 heterocycles. The molecule has 1 aliphatic rings. The molecule has 1 fully saturated rings. The molecule has 0 atom stereocenters. The van der Waals surface area contributed by atoms with Crippen molar-refractivity contribution >= 4 is 10.2 Å². The molecule has 0 aromatic carbocycles. The molecule has 1 rings (SSSR count). The molecule has 17 heavy (non-hydrogen) atoms. The van der Waals surface area contributed by atoms with Crippen molar-refractivity contribution in [3.05, 3.63) is 0 Å². The van der Waals surface area contributed by atoms with E-state index in [1.807, 2.05) is 0 Å². The molecular formula is C9H20N2O5S. The third-order valence-electron chi connectivity index (χ3n) is 2.52. The van der Waals surface area contributed by atoms with Crippen LogP contribution in [-0.4, -0.2) is 81.9 Å². The number of ether oxygens (including phenoxy) is 2. The zero-order chi connectivity index (χ0) is 12.7. The number of morpholine rings is 1. The summed E-state index contributed by atoms with van der Waals surface area (Å²) in [6, 6.07) is 0. The molecule has 1 saturated heterocycles. The van der Waals surface area contributed by atoms with Gasteiger partial charge in [-0.15, -0.1) is 0 Å². The lowest BCUT2D eigenvalue weighted by atomic mass is 10.5. The molecule has 0 aromatic heterocycles. The van der Waals surface area contributed by atoms with E-state index < -0.39 is 10.2 Å². The summed E-state index contributed by atoms with van der Waals surface area (Å²) >= 11 is 0. The van der Waals surface area contributed by atoms with Crippen molar-refractivity contribution in [3.8, 4) is 0 Å².